The fourth-order valence-electron chi connectivity index (χ4n) is 9.75. The van der Waals surface area contributed by atoms with Crippen molar-refractivity contribution >= 4 is 5.97 Å². The van der Waals surface area contributed by atoms with E-state index < -0.39 is 11.2 Å². The van der Waals surface area contributed by atoms with E-state index in [0.29, 0.717) is 11.3 Å². The predicted molar refractivity (Wildman–Crippen MR) is 176 cm³/mol. The van der Waals surface area contributed by atoms with Crippen LogP contribution in [0, 0.1) is 58.2 Å². The van der Waals surface area contributed by atoms with Crippen molar-refractivity contribution in [3.63, 3.8) is 0 Å². The first-order valence-electron chi connectivity index (χ1n) is 17.8. The van der Waals surface area contributed by atoms with E-state index in [0.717, 1.165) is 55.3 Å². The minimum atomic E-state index is -0.901. The number of fused-ring (bicyclic) bond motifs is 5. The monoisotopic (exact) mass is 596 g/mol. The van der Waals surface area contributed by atoms with Crippen LogP contribution in [0.5, 0.6) is 0 Å². The number of rotatable bonds is 10. The van der Waals surface area contributed by atoms with Gasteiger partial charge in [-0.15, -0.1) is 0 Å². The van der Waals surface area contributed by atoms with Gasteiger partial charge < -0.3 is 4.74 Å². The van der Waals surface area contributed by atoms with Crippen LogP contribution < -0.4 is 0 Å². The van der Waals surface area contributed by atoms with Crippen molar-refractivity contribution in [2.75, 3.05) is 0 Å². The first kappa shape index (κ1) is 34.6. The van der Waals surface area contributed by atoms with Crippen molar-refractivity contribution < 1.29 is 19.3 Å². The third-order valence-electron chi connectivity index (χ3n) is 12.6. The molecule has 4 nitrogen and oxygen atoms in total. The predicted octanol–water partition coefficient (Wildman–Crippen LogP) is 10.2. The second-order valence-corrected chi connectivity index (χ2v) is 17.1. The Bertz CT molecular complexity index is 1090. The first-order chi connectivity index (χ1) is 20.0. The molecular formula is C39H64O4. The minimum Gasteiger partial charge on any atom is -0.442 e. The molecule has 0 radical (unpaired) electrons. The summed E-state index contributed by atoms with van der Waals surface area (Å²) in [5.41, 5.74) is 0.0180. The SMILES string of the molecule is CCC(C)(C)OOC(C)(C)C#CC1(OC(C)=O)C=C2CC[C@H]3[C@@H]4CC[C@H]([C@H](C)CCCC(C)C)[C@@]4(C)CC[C@@H]3[C@@]2(C)CC1. The van der Waals surface area contributed by atoms with Gasteiger partial charge in [0.25, 0.3) is 0 Å². The van der Waals surface area contributed by atoms with Crippen LogP contribution in [0.3, 0.4) is 0 Å². The molecule has 0 saturated heterocycles. The largest absolute Gasteiger partial charge is 0.442 e. The van der Waals surface area contributed by atoms with E-state index in [2.05, 4.69) is 59.5 Å². The number of carbonyl (C=O) groups excluding carboxylic acids is 1. The highest BCUT2D eigenvalue weighted by Crippen LogP contribution is 2.68. The Hall–Kier alpha value is -1.31. The Labute approximate surface area is 264 Å². The minimum absolute atomic E-state index is 0.164. The van der Waals surface area contributed by atoms with Crippen LogP contribution in [-0.2, 0) is 19.3 Å². The zero-order valence-corrected chi connectivity index (χ0v) is 29.7. The average Bonchev–Trinajstić information content (AvgIpc) is 3.28. The Morgan fingerprint density at radius 1 is 0.977 bits per heavy atom. The summed E-state index contributed by atoms with van der Waals surface area (Å²) in [6.07, 6.45) is 16.9. The number of hydrogen-bond acceptors (Lipinski definition) is 4. The molecule has 0 bridgehead atoms. The van der Waals surface area contributed by atoms with Crippen molar-refractivity contribution in [2.45, 2.75) is 170 Å². The summed E-state index contributed by atoms with van der Waals surface area (Å²) in [5.74, 6) is 11.3. The van der Waals surface area contributed by atoms with Crippen LogP contribution in [0.1, 0.15) is 153 Å². The summed E-state index contributed by atoms with van der Waals surface area (Å²) in [6.45, 7) is 23.9. The van der Waals surface area contributed by atoms with Gasteiger partial charge in [0.05, 0.1) is 5.60 Å². The van der Waals surface area contributed by atoms with Gasteiger partial charge in [-0.1, -0.05) is 72.3 Å². The zero-order chi connectivity index (χ0) is 31.8. The second-order valence-electron chi connectivity index (χ2n) is 17.1. The van der Waals surface area contributed by atoms with E-state index in [4.69, 9.17) is 14.5 Å². The Morgan fingerprint density at radius 2 is 1.70 bits per heavy atom. The molecule has 244 valence electrons. The zero-order valence-electron chi connectivity index (χ0n) is 29.7. The normalized spacial score (nSPS) is 36.5. The van der Waals surface area contributed by atoms with Gasteiger partial charge in [0, 0.05) is 13.3 Å². The maximum absolute atomic E-state index is 12.4. The maximum Gasteiger partial charge on any atom is 0.304 e. The smallest absolute Gasteiger partial charge is 0.304 e. The Kier molecular flexibility index (Phi) is 10.3. The maximum atomic E-state index is 12.4. The van der Waals surface area contributed by atoms with Gasteiger partial charge in [0.2, 0.25) is 0 Å². The molecule has 4 aliphatic carbocycles. The van der Waals surface area contributed by atoms with Crippen LogP contribution in [-0.4, -0.2) is 22.8 Å². The molecule has 43 heavy (non-hydrogen) atoms. The lowest BCUT2D eigenvalue weighted by Crippen LogP contribution is -2.52. The van der Waals surface area contributed by atoms with Crippen LogP contribution in [0.2, 0.25) is 0 Å². The van der Waals surface area contributed by atoms with E-state index in [-0.39, 0.29) is 17.0 Å². The molecule has 1 unspecified atom stereocenters. The summed E-state index contributed by atoms with van der Waals surface area (Å²) < 4.78 is 6.06. The molecule has 3 fully saturated rings. The van der Waals surface area contributed by atoms with E-state index in [9.17, 15) is 4.79 Å². The summed E-state index contributed by atoms with van der Waals surface area (Å²) in [7, 11) is 0. The van der Waals surface area contributed by atoms with Gasteiger partial charge >= 0.3 is 5.97 Å². The topological polar surface area (TPSA) is 44.8 Å². The second kappa shape index (κ2) is 12.8. The van der Waals surface area contributed by atoms with Crippen LogP contribution in [0.25, 0.3) is 0 Å². The van der Waals surface area contributed by atoms with Crippen molar-refractivity contribution in [1.82, 2.24) is 0 Å². The summed E-state index contributed by atoms with van der Waals surface area (Å²) in [5, 5.41) is 0. The van der Waals surface area contributed by atoms with E-state index in [1.807, 2.05) is 27.7 Å². The van der Waals surface area contributed by atoms with Gasteiger partial charge in [-0.2, -0.15) is 0 Å². The molecule has 3 saturated carbocycles. The highest BCUT2D eigenvalue weighted by molar-refractivity contribution is 5.67. The fraction of sp³-hybridized carbons (Fsp3) is 0.872. The van der Waals surface area contributed by atoms with Crippen molar-refractivity contribution in [3.8, 4) is 11.8 Å². The summed E-state index contributed by atoms with van der Waals surface area (Å²) in [4.78, 5) is 23.9. The molecule has 0 aromatic heterocycles. The Morgan fingerprint density at radius 3 is 2.35 bits per heavy atom. The average molecular weight is 597 g/mol. The van der Waals surface area contributed by atoms with Gasteiger partial charge in [0.15, 0.2) is 11.2 Å². The molecule has 0 aromatic rings. The quantitative estimate of drug-likeness (QED) is 0.0827. The molecule has 4 rings (SSSR count). The highest BCUT2D eigenvalue weighted by atomic mass is 17.2. The standard InChI is InChI=1S/C39H64O4/c1-12-35(6,7)42-43-36(8,9)22-24-39(41-29(5)40)25-23-37(10)30(26-39)16-17-31-33-19-18-32(28(4)15-13-14-27(2)3)38(33,11)21-20-34(31)37/h26-28,31-34H,12-21,23,25H2,1-11H3/t28-,31+,32-,33+,34+,37+,38-,39?/m1/s1. The lowest BCUT2D eigenvalue weighted by Gasteiger charge is -2.59. The van der Waals surface area contributed by atoms with Gasteiger partial charge in [-0.05, 0) is 137 Å². The van der Waals surface area contributed by atoms with E-state index in [1.165, 1.54) is 63.9 Å². The number of esters is 1. The third-order valence-corrected chi connectivity index (χ3v) is 12.6. The highest BCUT2D eigenvalue weighted by Gasteiger charge is 2.60. The van der Waals surface area contributed by atoms with Crippen LogP contribution >= 0.6 is 0 Å². The summed E-state index contributed by atoms with van der Waals surface area (Å²) in [6, 6.07) is 0. The lowest BCUT2D eigenvalue weighted by atomic mass is 9.46. The molecule has 0 spiro atoms. The molecule has 0 N–H and O–H groups in total. The fourth-order valence-corrected chi connectivity index (χ4v) is 9.75. The summed E-state index contributed by atoms with van der Waals surface area (Å²) >= 11 is 0. The van der Waals surface area contributed by atoms with Crippen LogP contribution in [0.4, 0.5) is 0 Å². The number of ether oxygens (including phenoxy) is 1. The Balaban J connectivity index is 1.53. The van der Waals surface area contributed by atoms with Crippen molar-refractivity contribution in [2.24, 2.45) is 46.3 Å². The molecule has 0 aliphatic heterocycles. The van der Waals surface area contributed by atoms with Gasteiger partial charge in [0.1, 0.15) is 0 Å². The third kappa shape index (κ3) is 7.41. The van der Waals surface area contributed by atoms with Gasteiger partial charge in [-0.25, -0.2) is 9.78 Å². The van der Waals surface area contributed by atoms with E-state index >= 15 is 0 Å². The number of hydrogen-bond donors (Lipinski definition) is 0. The molecule has 4 aliphatic rings. The van der Waals surface area contributed by atoms with Gasteiger partial charge in [-0.3, -0.25) is 4.79 Å². The number of carbonyl (C=O) groups is 1. The lowest BCUT2D eigenvalue weighted by molar-refractivity contribution is -0.388. The van der Waals surface area contributed by atoms with Crippen molar-refractivity contribution in [1.29, 1.82) is 0 Å². The molecule has 4 heteroatoms. The van der Waals surface area contributed by atoms with Crippen molar-refractivity contribution in [3.05, 3.63) is 11.6 Å². The van der Waals surface area contributed by atoms with E-state index in [1.54, 1.807) is 0 Å². The first-order valence-corrected chi connectivity index (χ1v) is 17.8. The molecule has 8 atom stereocenters. The molecule has 0 amide bonds. The van der Waals surface area contributed by atoms with Crippen LogP contribution in [0.15, 0.2) is 11.6 Å². The molecular weight excluding hydrogens is 532 g/mol. The molecule has 0 aromatic carbocycles. The molecule has 0 heterocycles. The number of allylic oxidation sites excluding steroid dienone is 1.